The number of fused-ring (bicyclic) bond motifs is 1. The number of halogens is 1. The van der Waals surface area contributed by atoms with Gasteiger partial charge in [0.25, 0.3) is 0 Å². The Balaban J connectivity index is 2.34. The van der Waals surface area contributed by atoms with E-state index in [2.05, 4.69) is 11.8 Å². The molecule has 0 aromatic heterocycles. The number of hydrogen-bond acceptors (Lipinski definition) is 2. The minimum atomic E-state index is 0.292. The van der Waals surface area contributed by atoms with Gasteiger partial charge in [0.1, 0.15) is 12.4 Å². The average molecular weight is 261 g/mol. The fourth-order valence-corrected chi connectivity index (χ4v) is 1.88. The van der Waals surface area contributed by atoms with Crippen molar-refractivity contribution in [1.82, 2.24) is 0 Å². The Morgan fingerprint density at radius 1 is 1.39 bits per heavy atom. The molecular weight excluding hydrogens is 248 g/mol. The molecule has 0 fully saturated rings. The molecule has 0 aliphatic carbocycles. The van der Waals surface area contributed by atoms with Crippen molar-refractivity contribution in [2.45, 2.75) is 12.8 Å². The molecule has 0 N–H and O–H groups in total. The average Bonchev–Trinajstić information content (AvgIpc) is 2.43. The second-order valence-electron chi connectivity index (χ2n) is 3.90. The predicted molar refractivity (Wildman–Crippen MR) is 72.7 cm³/mol. The Kier molecular flexibility index (Phi) is 4.44. The summed E-state index contributed by atoms with van der Waals surface area (Å²) >= 11 is 5.60. The minimum absolute atomic E-state index is 0.292. The van der Waals surface area contributed by atoms with Crippen LogP contribution in [0.15, 0.2) is 29.8 Å². The molecule has 1 heterocycles. The van der Waals surface area contributed by atoms with Gasteiger partial charge in [0.2, 0.25) is 0 Å². The summed E-state index contributed by atoms with van der Waals surface area (Å²) in [6.45, 7) is 0.292. The number of aldehydes is 1. The second-order valence-corrected chi connectivity index (χ2v) is 4.28. The summed E-state index contributed by atoms with van der Waals surface area (Å²) in [5.74, 6) is 7.52. The van der Waals surface area contributed by atoms with Crippen molar-refractivity contribution in [3.63, 3.8) is 0 Å². The minimum Gasteiger partial charge on any atom is -0.488 e. The third-order valence-corrected chi connectivity index (χ3v) is 2.92. The predicted octanol–water partition coefficient (Wildman–Crippen LogP) is 3.05. The highest BCUT2D eigenvalue weighted by Gasteiger charge is 2.17. The maximum Gasteiger partial charge on any atom is 0.150 e. The lowest BCUT2D eigenvalue weighted by Gasteiger charge is -2.18. The van der Waals surface area contributed by atoms with E-state index in [0.717, 1.165) is 36.0 Å². The molecule has 1 aromatic carbocycles. The molecule has 0 saturated heterocycles. The maximum atomic E-state index is 11.0. The van der Waals surface area contributed by atoms with Gasteiger partial charge in [-0.2, -0.15) is 0 Å². The first-order valence-electron chi connectivity index (χ1n) is 5.82. The molecule has 0 amide bonds. The summed E-state index contributed by atoms with van der Waals surface area (Å²) in [6, 6.07) is 7.63. The molecule has 1 aromatic rings. The van der Waals surface area contributed by atoms with Crippen LogP contribution in [0.25, 0.3) is 5.57 Å². The lowest BCUT2D eigenvalue weighted by atomic mass is 9.98. The Bertz CT molecular complexity index is 535. The maximum absolute atomic E-state index is 11.0. The van der Waals surface area contributed by atoms with Crippen molar-refractivity contribution in [1.29, 1.82) is 0 Å². The van der Waals surface area contributed by atoms with E-state index in [-0.39, 0.29) is 0 Å². The summed E-state index contributed by atoms with van der Waals surface area (Å²) in [5.41, 5.74) is 2.28. The Morgan fingerprint density at radius 2 is 2.22 bits per heavy atom. The van der Waals surface area contributed by atoms with E-state index in [1.54, 1.807) is 0 Å². The SMILES string of the molecule is O=CC1=C(C#CCCCCl)c2ccccc2OC1. The molecule has 18 heavy (non-hydrogen) atoms. The first-order valence-corrected chi connectivity index (χ1v) is 6.35. The molecule has 0 bridgehead atoms. The van der Waals surface area contributed by atoms with Crippen LogP contribution in [0.3, 0.4) is 0 Å². The van der Waals surface area contributed by atoms with E-state index >= 15 is 0 Å². The van der Waals surface area contributed by atoms with Gasteiger partial charge in [0, 0.05) is 29.0 Å². The molecule has 0 saturated carbocycles. The van der Waals surface area contributed by atoms with Gasteiger partial charge < -0.3 is 4.74 Å². The zero-order chi connectivity index (χ0) is 12.8. The Hall–Kier alpha value is -1.72. The van der Waals surface area contributed by atoms with Crippen LogP contribution in [0, 0.1) is 11.8 Å². The third kappa shape index (κ3) is 2.75. The number of carbonyl (C=O) groups is 1. The van der Waals surface area contributed by atoms with Crippen LogP contribution in [0.5, 0.6) is 5.75 Å². The fraction of sp³-hybridized carbons (Fsp3) is 0.267. The van der Waals surface area contributed by atoms with E-state index < -0.39 is 0 Å². The largest absolute Gasteiger partial charge is 0.488 e. The van der Waals surface area contributed by atoms with Crippen molar-refractivity contribution >= 4 is 23.5 Å². The highest BCUT2D eigenvalue weighted by Crippen LogP contribution is 2.31. The number of hydrogen-bond donors (Lipinski definition) is 0. The standard InChI is InChI=1S/C15H13ClO2/c16-9-5-1-2-6-13-12(10-17)11-18-15-8-4-3-7-14(13)15/h3-4,7-8,10H,1,5,9,11H2. The normalized spacial score (nSPS) is 13.2. The first-order chi connectivity index (χ1) is 8.86. The lowest BCUT2D eigenvalue weighted by Crippen LogP contribution is -2.11. The Labute approximate surface area is 112 Å². The lowest BCUT2D eigenvalue weighted by molar-refractivity contribution is -0.105. The van der Waals surface area contributed by atoms with Crippen LogP contribution in [-0.4, -0.2) is 18.8 Å². The van der Waals surface area contributed by atoms with Gasteiger partial charge in [0.05, 0.1) is 0 Å². The second kappa shape index (κ2) is 6.28. The zero-order valence-electron chi connectivity index (χ0n) is 9.91. The quantitative estimate of drug-likeness (QED) is 0.361. The van der Waals surface area contributed by atoms with E-state index in [4.69, 9.17) is 16.3 Å². The highest BCUT2D eigenvalue weighted by molar-refractivity contribution is 6.17. The van der Waals surface area contributed by atoms with E-state index in [9.17, 15) is 4.79 Å². The van der Waals surface area contributed by atoms with Gasteiger partial charge in [0.15, 0.2) is 6.29 Å². The number of alkyl halides is 1. The molecular formula is C15H13ClO2. The van der Waals surface area contributed by atoms with E-state index in [1.807, 2.05) is 24.3 Å². The molecule has 92 valence electrons. The number of unbranched alkanes of at least 4 members (excludes halogenated alkanes) is 1. The van der Waals surface area contributed by atoms with Crippen LogP contribution in [0.1, 0.15) is 18.4 Å². The monoisotopic (exact) mass is 260 g/mol. The van der Waals surface area contributed by atoms with Gasteiger partial charge in [-0.1, -0.05) is 24.0 Å². The highest BCUT2D eigenvalue weighted by atomic mass is 35.5. The third-order valence-electron chi connectivity index (χ3n) is 2.65. The molecule has 3 heteroatoms. The van der Waals surface area contributed by atoms with Crippen LogP contribution in [0.2, 0.25) is 0 Å². The van der Waals surface area contributed by atoms with Gasteiger partial charge in [-0.25, -0.2) is 0 Å². The number of para-hydroxylation sites is 1. The molecule has 1 aliphatic heterocycles. The summed E-state index contributed by atoms with van der Waals surface area (Å²) in [6.07, 6.45) is 2.42. The number of benzene rings is 1. The van der Waals surface area contributed by atoms with Crippen molar-refractivity contribution < 1.29 is 9.53 Å². The summed E-state index contributed by atoms with van der Waals surface area (Å²) in [5, 5.41) is 0. The smallest absolute Gasteiger partial charge is 0.150 e. The van der Waals surface area contributed by atoms with Crippen molar-refractivity contribution in [3.05, 3.63) is 35.4 Å². The van der Waals surface area contributed by atoms with Crippen LogP contribution in [0.4, 0.5) is 0 Å². The molecule has 2 nitrogen and oxygen atoms in total. The number of carbonyl (C=O) groups excluding carboxylic acids is 1. The number of ether oxygens (including phenoxy) is 1. The molecule has 0 radical (unpaired) electrons. The molecule has 0 spiro atoms. The van der Waals surface area contributed by atoms with Crippen molar-refractivity contribution in [2.75, 3.05) is 12.5 Å². The summed E-state index contributed by atoms with van der Waals surface area (Å²) < 4.78 is 5.51. The summed E-state index contributed by atoms with van der Waals surface area (Å²) in [4.78, 5) is 11.0. The molecule has 1 aliphatic rings. The Morgan fingerprint density at radius 3 is 3.00 bits per heavy atom. The molecule has 2 rings (SSSR count). The van der Waals surface area contributed by atoms with Gasteiger partial charge in [-0.3, -0.25) is 4.79 Å². The van der Waals surface area contributed by atoms with Crippen LogP contribution < -0.4 is 4.74 Å². The zero-order valence-corrected chi connectivity index (χ0v) is 10.7. The first kappa shape index (κ1) is 12.7. The van der Waals surface area contributed by atoms with Gasteiger partial charge >= 0.3 is 0 Å². The number of allylic oxidation sites excluding steroid dienone is 1. The van der Waals surface area contributed by atoms with Gasteiger partial charge in [-0.15, -0.1) is 11.6 Å². The van der Waals surface area contributed by atoms with E-state index in [0.29, 0.717) is 18.1 Å². The van der Waals surface area contributed by atoms with E-state index in [1.165, 1.54) is 0 Å². The number of rotatable bonds is 3. The summed E-state index contributed by atoms with van der Waals surface area (Å²) in [7, 11) is 0. The van der Waals surface area contributed by atoms with Crippen molar-refractivity contribution in [3.8, 4) is 17.6 Å². The van der Waals surface area contributed by atoms with Crippen LogP contribution >= 0.6 is 11.6 Å². The molecule has 0 atom stereocenters. The van der Waals surface area contributed by atoms with Crippen molar-refractivity contribution in [2.24, 2.45) is 0 Å². The van der Waals surface area contributed by atoms with Gasteiger partial charge in [-0.05, 0) is 18.6 Å². The molecule has 0 unspecified atom stereocenters. The fourth-order valence-electron chi connectivity index (χ4n) is 1.75. The van der Waals surface area contributed by atoms with Crippen LogP contribution in [-0.2, 0) is 4.79 Å². The topological polar surface area (TPSA) is 26.3 Å².